The first-order valence-electron chi connectivity index (χ1n) is 5.81. The van der Waals surface area contributed by atoms with Gasteiger partial charge in [-0.05, 0) is 61.4 Å². The van der Waals surface area contributed by atoms with Crippen LogP contribution in [0, 0.1) is 0 Å². The maximum absolute atomic E-state index is 12.2. The van der Waals surface area contributed by atoms with Crippen LogP contribution in [0.15, 0.2) is 56.9 Å². The van der Waals surface area contributed by atoms with Crippen LogP contribution in [-0.4, -0.2) is 19.9 Å². The summed E-state index contributed by atoms with van der Waals surface area (Å²) in [5.74, 6) is -0.164. The van der Waals surface area contributed by atoms with E-state index >= 15 is 0 Å². The summed E-state index contributed by atoms with van der Waals surface area (Å²) in [7, 11) is -3.82. The lowest BCUT2D eigenvalue weighted by atomic mass is 9.98. The molecule has 1 aromatic rings. The zero-order valence-electron chi connectivity index (χ0n) is 10.9. The summed E-state index contributed by atoms with van der Waals surface area (Å²) in [6.07, 6.45) is 2.73. The van der Waals surface area contributed by atoms with Crippen LogP contribution in [0.25, 0.3) is 0 Å². The summed E-state index contributed by atoms with van der Waals surface area (Å²) in [5.41, 5.74) is 1.37. The fourth-order valence-electron chi connectivity index (χ4n) is 1.84. The number of rotatable bonds is 2. The van der Waals surface area contributed by atoms with E-state index in [0.29, 0.717) is 21.9 Å². The van der Waals surface area contributed by atoms with Gasteiger partial charge in [-0.15, -0.1) is 0 Å². The molecule has 1 aliphatic carbocycles. The molecule has 2 rings (SSSR count). The second-order valence-electron chi connectivity index (χ2n) is 4.43. The molecule has 20 heavy (non-hydrogen) atoms. The molecule has 0 amide bonds. The molecule has 0 spiro atoms. The zero-order valence-corrected chi connectivity index (χ0v) is 12.5. The third-order valence-corrected chi connectivity index (χ3v) is 4.33. The minimum atomic E-state index is -3.82. The standard InChI is InChI=1S/C14H12ClNO3S/c1-9-7-12(17)8-10(2)14(9)16-20(18,19)13-5-3-11(15)4-6-13/h3-8H,1-2H3. The second-order valence-corrected chi connectivity index (χ2v) is 6.47. The molecular formula is C14H12ClNO3S. The minimum absolute atomic E-state index is 0.0619. The van der Waals surface area contributed by atoms with Gasteiger partial charge >= 0.3 is 0 Å². The van der Waals surface area contributed by atoms with Crippen molar-refractivity contribution in [2.75, 3.05) is 0 Å². The Labute approximate surface area is 122 Å². The largest absolute Gasteiger partial charge is 0.290 e. The third kappa shape index (κ3) is 3.05. The summed E-state index contributed by atoms with van der Waals surface area (Å²) in [5, 5.41) is 0.451. The molecule has 104 valence electrons. The van der Waals surface area contributed by atoms with Gasteiger partial charge in [0.25, 0.3) is 10.0 Å². The fraction of sp³-hybridized carbons (Fsp3) is 0.143. The molecule has 0 aromatic heterocycles. The molecule has 0 unspecified atom stereocenters. The number of ketones is 1. The maximum atomic E-state index is 12.2. The number of hydrogen-bond donors (Lipinski definition) is 0. The van der Waals surface area contributed by atoms with Crippen molar-refractivity contribution in [3.8, 4) is 0 Å². The smallest absolute Gasteiger partial charge is 0.282 e. The number of nitrogens with zero attached hydrogens (tertiary/aromatic N) is 1. The topological polar surface area (TPSA) is 63.6 Å². The molecular weight excluding hydrogens is 298 g/mol. The van der Waals surface area contributed by atoms with Crippen LogP contribution in [0.3, 0.4) is 0 Å². The van der Waals surface area contributed by atoms with Crippen LogP contribution in [0.5, 0.6) is 0 Å². The van der Waals surface area contributed by atoms with Crippen molar-refractivity contribution in [1.82, 2.24) is 0 Å². The lowest BCUT2D eigenvalue weighted by Gasteiger charge is -2.11. The Morgan fingerprint density at radius 2 is 1.50 bits per heavy atom. The van der Waals surface area contributed by atoms with Gasteiger partial charge in [0.1, 0.15) is 0 Å². The normalized spacial score (nSPS) is 15.8. The number of carbonyl (C=O) groups excluding carboxylic acids is 1. The highest BCUT2D eigenvalue weighted by molar-refractivity contribution is 7.90. The Morgan fingerprint density at radius 3 is 2.00 bits per heavy atom. The summed E-state index contributed by atoms with van der Waals surface area (Å²) < 4.78 is 28.3. The van der Waals surface area contributed by atoms with Crippen LogP contribution in [0.1, 0.15) is 13.8 Å². The van der Waals surface area contributed by atoms with Crippen molar-refractivity contribution in [1.29, 1.82) is 0 Å². The number of hydrogen-bond acceptors (Lipinski definition) is 3. The van der Waals surface area contributed by atoms with Gasteiger partial charge in [-0.1, -0.05) is 11.6 Å². The van der Waals surface area contributed by atoms with Gasteiger partial charge in [0.15, 0.2) is 5.78 Å². The number of allylic oxidation sites excluding steroid dienone is 4. The Bertz CT molecular complexity index is 732. The van der Waals surface area contributed by atoms with Gasteiger partial charge in [0.05, 0.1) is 10.6 Å². The van der Waals surface area contributed by atoms with Gasteiger partial charge in [-0.2, -0.15) is 12.8 Å². The van der Waals surface area contributed by atoms with Crippen LogP contribution in [-0.2, 0) is 14.8 Å². The monoisotopic (exact) mass is 309 g/mol. The Morgan fingerprint density at radius 1 is 1.00 bits per heavy atom. The molecule has 0 atom stereocenters. The summed E-state index contributed by atoms with van der Waals surface area (Å²) in [4.78, 5) is 11.4. The highest BCUT2D eigenvalue weighted by Gasteiger charge is 2.19. The van der Waals surface area contributed by atoms with Gasteiger partial charge in [0, 0.05) is 5.02 Å². The Kier molecular flexibility index (Phi) is 3.92. The Balaban J connectivity index is 2.49. The first kappa shape index (κ1) is 14.7. The van der Waals surface area contributed by atoms with E-state index in [1.807, 2.05) is 0 Å². The van der Waals surface area contributed by atoms with Gasteiger partial charge in [-0.3, -0.25) is 4.79 Å². The highest BCUT2D eigenvalue weighted by atomic mass is 35.5. The fourth-order valence-corrected chi connectivity index (χ4v) is 3.08. The zero-order chi connectivity index (χ0) is 14.9. The van der Waals surface area contributed by atoms with Crippen molar-refractivity contribution in [3.63, 3.8) is 0 Å². The van der Waals surface area contributed by atoms with E-state index in [0.717, 1.165) is 0 Å². The average molecular weight is 310 g/mol. The van der Waals surface area contributed by atoms with Gasteiger partial charge in [0.2, 0.25) is 0 Å². The number of carbonyl (C=O) groups is 1. The highest BCUT2D eigenvalue weighted by Crippen LogP contribution is 2.20. The van der Waals surface area contributed by atoms with Crippen LogP contribution < -0.4 is 0 Å². The SMILES string of the molecule is CC1=CC(=O)C=C(C)C1=NS(=O)(=O)c1ccc(Cl)cc1. The molecule has 1 aromatic carbocycles. The second kappa shape index (κ2) is 5.34. The molecule has 4 nitrogen and oxygen atoms in total. The molecule has 0 bridgehead atoms. The van der Waals surface area contributed by atoms with E-state index in [-0.39, 0.29) is 10.7 Å². The van der Waals surface area contributed by atoms with Crippen molar-refractivity contribution in [2.24, 2.45) is 4.40 Å². The maximum Gasteiger partial charge on any atom is 0.282 e. The first-order valence-corrected chi connectivity index (χ1v) is 7.63. The molecule has 0 heterocycles. The molecule has 0 fully saturated rings. The predicted molar refractivity (Wildman–Crippen MR) is 78.6 cm³/mol. The van der Waals surface area contributed by atoms with Crippen molar-refractivity contribution in [2.45, 2.75) is 18.7 Å². The molecule has 0 saturated heterocycles. The first-order chi connectivity index (χ1) is 9.29. The lowest BCUT2D eigenvalue weighted by Crippen LogP contribution is -2.13. The van der Waals surface area contributed by atoms with Crippen LogP contribution >= 0.6 is 11.6 Å². The van der Waals surface area contributed by atoms with Gasteiger partial charge < -0.3 is 0 Å². The van der Waals surface area contributed by atoms with Gasteiger partial charge in [-0.25, -0.2) is 0 Å². The molecule has 0 radical (unpaired) electrons. The van der Waals surface area contributed by atoms with Crippen molar-refractivity contribution < 1.29 is 13.2 Å². The van der Waals surface area contributed by atoms with Crippen LogP contribution in [0.4, 0.5) is 0 Å². The summed E-state index contributed by atoms with van der Waals surface area (Å²) >= 11 is 5.73. The molecule has 0 saturated carbocycles. The van der Waals surface area contributed by atoms with Crippen molar-refractivity contribution in [3.05, 3.63) is 52.6 Å². The van der Waals surface area contributed by atoms with E-state index in [1.54, 1.807) is 13.8 Å². The van der Waals surface area contributed by atoms with E-state index in [2.05, 4.69) is 4.40 Å². The molecule has 1 aliphatic rings. The Hall–Kier alpha value is -1.72. The van der Waals surface area contributed by atoms with E-state index in [9.17, 15) is 13.2 Å². The van der Waals surface area contributed by atoms with Crippen molar-refractivity contribution >= 4 is 33.1 Å². The summed E-state index contributed by atoms with van der Waals surface area (Å²) in [6, 6.07) is 5.77. The van der Waals surface area contributed by atoms with E-state index in [4.69, 9.17) is 11.6 Å². The summed E-state index contributed by atoms with van der Waals surface area (Å²) in [6.45, 7) is 3.31. The number of halogens is 1. The predicted octanol–water partition coefficient (Wildman–Crippen LogP) is 2.95. The van der Waals surface area contributed by atoms with E-state index in [1.165, 1.54) is 36.4 Å². The van der Waals surface area contributed by atoms with Crippen LogP contribution in [0.2, 0.25) is 5.02 Å². The number of sulfonamides is 1. The lowest BCUT2D eigenvalue weighted by molar-refractivity contribution is -0.110. The van der Waals surface area contributed by atoms with E-state index < -0.39 is 10.0 Å². The average Bonchev–Trinajstić information content (AvgIpc) is 2.34. The third-order valence-electron chi connectivity index (χ3n) is 2.79. The number of benzene rings is 1. The minimum Gasteiger partial charge on any atom is -0.290 e. The molecule has 6 heteroatoms. The quantitative estimate of drug-likeness (QED) is 0.789. The molecule has 0 aliphatic heterocycles. The molecule has 0 N–H and O–H groups in total.